The predicted molar refractivity (Wildman–Crippen MR) is 74.7 cm³/mol. The number of aryl methyl sites for hydroxylation is 1. The maximum Gasteiger partial charge on any atom is 0.435 e. The maximum absolute atomic E-state index is 12.9. The lowest BCUT2D eigenvalue weighted by Crippen LogP contribution is -2.13. The van der Waals surface area contributed by atoms with Gasteiger partial charge in [-0.15, -0.1) is 0 Å². The Morgan fingerprint density at radius 2 is 1.91 bits per heavy atom. The quantitative estimate of drug-likeness (QED) is 0.795. The van der Waals surface area contributed by atoms with Gasteiger partial charge in [0.2, 0.25) is 5.95 Å². The number of halogens is 3. The molecule has 3 rings (SSSR count). The fourth-order valence-electron chi connectivity index (χ4n) is 2.12. The van der Waals surface area contributed by atoms with Crippen molar-refractivity contribution in [2.75, 3.05) is 5.32 Å². The molecule has 0 fully saturated rings. The molecule has 0 spiro atoms. The first-order valence-electron chi connectivity index (χ1n) is 6.62. The van der Waals surface area contributed by atoms with Crippen molar-refractivity contribution in [1.29, 1.82) is 0 Å². The molecule has 1 N–H and O–H groups in total. The third-order valence-corrected chi connectivity index (χ3v) is 3.08. The van der Waals surface area contributed by atoms with Crippen molar-refractivity contribution in [3.63, 3.8) is 0 Å². The normalized spacial score (nSPS) is 11.7. The third kappa shape index (κ3) is 3.15. The van der Waals surface area contributed by atoms with Gasteiger partial charge in [0.1, 0.15) is 0 Å². The maximum atomic E-state index is 12.9. The molecule has 0 atom stereocenters. The molecule has 2 aromatic heterocycles. The zero-order valence-electron chi connectivity index (χ0n) is 12.0. The van der Waals surface area contributed by atoms with Crippen molar-refractivity contribution in [1.82, 2.24) is 30.0 Å². The van der Waals surface area contributed by atoms with E-state index < -0.39 is 11.9 Å². The minimum atomic E-state index is -4.51. The van der Waals surface area contributed by atoms with Gasteiger partial charge in [0.15, 0.2) is 5.69 Å². The number of nitrogens with one attached hydrogen (secondary N) is 1. The van der Waals surface area contributed by atoms with Crippen LogP contribution in [0.4, 0.5) is 19.1 Å². The lowest BCUT2D eigenvalue weighted by molar-refractivity contribution is -0.142. The second kappa shape index (κ2) is 5.71. The van der Waals surface area contributed by atoms with Crippen molar-refractivity contribution in [2.45, 2.75) is 12.7 Å². The summed E-state index contributed by atoms with van der Waals surface area (Å²) in [6.07, 6.45) is -3.20. The van der Waals surface area contributed by atoms with Crippen LogP contribution in [0.25, 0.3) is 5.69 Å². The summed E-state index contributed by atoms with van der Waals surface area (Å²) in [6, 6.07) is 9.03. The van der Waals surface area contributed by atoms with Gasteiger partial charge in [-0.1, -0.05) is 23.3 Å². The van der Waals surface area contributed by atoms with E-state index in [1.165, 1.54) is 17.9 Å². The van der Waals surface area contributed by atoms with Gasteiger partial charge in [0, 0.05) is 25.4 Å². The molecular weight excluding hydrogens is 311 g/mol. The van der Waals surface area contributed by atoms with Crippen molar-refractivity contribution in [3.8, 4) is 5.69 Å². The summed E-state index contributed by atoms with van der Waals surface area (Å²) < 4.78 is 41.3. The largest absolute Gasteiger partial charge is 0.435 e. The van der Waals surface area contributed by atoms with E-state index in [1.807, 2.05) is 18.2 Å². The Kier molecular flexibility index (Phi) is 3.72. The van der Waals surface area contributed by atoms with Gasteiger partial charge in [-0.3, -0.25) is 4.68 Å². The molecule has 0 amide bonds. The summed E-state index contributed by atoms with van der Waals surface area (Å²) in [5.74, 6) is 0.244. The molecule has 0 unspecified atom stereocenters. The molecular formula is C13H12F3N7. The molecule has 0 aliphatic heterocycles. The van der Waals surface area contributed by atoms with E-state index in [-0.39, 0.29) is 18.1 Å². The van der Waals surface area contributed by atoms with E-state index in [0.29, 0.717) is 5.69 Å². The number of hydrogen-bond acceptors (Lipinski definition) is 5. The number of nitrogens with zero attached hydrogens (tertiary/aromatic N) is 6. The van der Waals surface area contributed by atoms with Crippen LogP contribution < -0.4 is 5.32 Å². The SMILES string of the molecule is Cn1cc(CNc2nnnn2-c2ccccc2)c(C(F)(F)F)n1. The molecule has 0 aliphatic carbocycles. The van der Waals surface area contributed by atoms with Gasteiger partial charge in [0.25, 0.3) is 0 Å². The zero-order valence-corrected chi connectivity index (χ0v) is 12.0. The molecule has 0 saturated heterocycles. The Hall–Kier alpha value is -2.91. The molecule has 0 radical (unpaired) electrons. The molecule has 0 bridgehead atoms. The van der Waals surface area contributed by atoms with Gasteiger partial charge in [-0.2, -0.15) is 23.0 Å². The Morgan fingerprint density at radius 1 is 1.17 bits per heavy atom. The van der Waals surface area contributed by atoms with Crippen LogP contribution in [0.1, 0.15) is 11.3 Å². The number of alkyl halides is 3. The van der Waals surface area contributed by atoms with Gasteiger partial charge in [0.05, 0.1) is 5.69 Å². The van der Waals surface area contributed by atoms with E-state index in [2.05, 4.69) is 25.9 Å². The van der Waals surface area contributed by atoms with Crippen molar-refractivity contribution in [2.24, 2.45) is 7.05 Å². The second-order valence-electron chi connectivity index (χ2n) is 4.78. The fraction of sp³-hybridized carbons (Fsp3) is 0.231. The van der Waals surface area contributed by atoms with Crippen molar-refractivity contribution in [3.05, 3.63) is 47.8 Å². The molecule has 1 aromatic carbocycles. The van der Waals surface area contributed by atoms with Crippen LogP contribution in [0.2, 0.25) is 0 Å². The standard InChI is InChI=1S/C13H12F3N7/c1-22-8-9(11(19-22)13(14,15)16)7-17-12-18-20-21-23(12)10-5-3-2-4-6-10/h2-6,8H,7H2,1H3,(H,17,18,21). The minimum absolute atomic E-state index is 0.0163. The van der Waals surface area contributed by atoms with Crippen LogP contribution in [0.5, 0.6) is 0 Å². The van der Waals surface area contributed by atoms with Crippen LogP contribution >= 0.6 is 0 Å². The Balaban J connectivity index is 1.82. The Morgan fingerprint density at radius 3 is 2.61 bits per heavy atom. The highest BCUT2D eigenvalue weighted by atomic mass is 19.4. The van der Waals surface area contributed by atoms with E-state index in [1.54, 1.807) is 12.1 Å². The van der Waals surface area contributed by atoms with Crippen molar-refractivity contribution >= 4 is 5.95 Å². The Labute approximate surface area is 128 Å². The molecule has 0 aliphatic rings. The average Bonchev–Trinajstić information content (AvgIpc) is 3.11. The van der Waals surface area contributed by atoms with Crippen LogP contribution in [-0.4, -0.2) is 30.0 Å². The van der Waals surface area contributed by atoms with Crippen LogP contribution in [-0.2, 0) is 19.8 Å². The number of rotatable bonds is 4. The van der Waals surface area contributed by atoms with Gasteiger partial charge >= 0.3 is 6.18 Å². The number of benzene rings is 1. The third-order valence-electron chi connectivity index (χ3n) is 3.08. The molecule has 10 heteroatoms. The van der Waals surface area contributed by atoms with Gasteiger partial charge in [-0.25, -0.2) is 0 Å². The molecule has 2 heterocycles. The van der Waals surface area contributed by atoms with E-state index in [4.69, 9.17) is 0 Å². The number of para-hydroxylation sites is 1. The number of anilines is 1. The Bertz CT molecular complexity index is 792. The highest BCUT2D eigenvalue weighted by molar-refractivity contribution is 5.39. The number of hydrogen-bond donors (Lipinski definition) is 1. The van der Waals surface area contributed by atoms with Gasteiger partial charge in [-0.05, 0) is 22.6 Å². The highest BCUT2D eigenvalue weighted by Crippen LogP contribution is 2.30. The van der Waals surface area contributed by atoms with Crippen molar-refractivity contribution < 1.29 is 13.2 Å². The molecule has 0 saturated carbocycles. The van der Waals surface area contributed by atoms with Crippen LogP contribution in [0, 0.1) is 0 Å². The topological polar surface area (TPSA) is 73.5 Å². The first-order valence-corrected chi connectivity index (χ1v) is 6.62. The average molecular weight is 323 g/mol. The summed E-state index contributed by atoms with van der Waals surface area (Å²) >= 11 is 0. The first kappa shape index (κ1) is 15.0. The molecule has 120 valence electrons. The fourth-order valence-corrected chi connectivity index (χ4v) is 2.12. The zero-order chi connectivity index (χ0) is 16.4. The minimum Gasteiger partial charge on any atom is -0.349 e. The van der Waals surface area contributed by atoms with Crippen LogP contribution in [0.15, 0.2) is 36.5 Å². The lowest BCUT2D eigenvalue weighted by Gasteiger charge is -2.08. The predicted octanol–water partition coefficient (Wildman–Crippen LogP) is 2.03. The monoisotopic (exact) mass is 323 g/mol. The van der Waals surface area contributed by atoms with E-state index >= 15 is 0 Å². The van der Waals surface area contributed by atoms with E-state index in [9.17, 15) is 13.2 Å². The lowest BCUT2D eigenvalue weighted by atomic mass is 10.2. The summed E-state index contributed by atoms with van der Waals surface area (Å²) in [4.78, 5) is 0. The molecule has 23 heavy (non-hydrogen) atoms. The summed E-state index contributed by atoms with van der Waals surface area (Å²) in [5, 5.41) is 17.4. The molecule has 7 nitrogen and oxygen atoms in total. The summed E-state index contributed by atoms with van der Waals surface area (Å²) in [5.41, 5.74) is -0.212. The van der Waals surface area contributed by atoms with Gasteiger partial charge < -0.3 is 5.32 Å². The number of tetrazole rings is 1. The summed E-state index contributed by atoms with van der Waals surface area (Å²) in [6.45, 7) is -0.101. The summed E-state index contributed by atoms with van der Waals surface area (Å²) in [7, 11) is 1.44. The smallest absolute Gasteiger partial charge is 0.349 e. The first-order chi connectivity index (χ1) is 10.9. The highest BCUT2D eigenvalue weighted by Gasteiger charge is 2.36. The second-order valence-corrected chi connectivity index (χ2v) is 4.78. The van der Waals surface area contributed by atoms with E-state index in [0.717, 1.165) is 4.68 Å². The number of aromatic nitrogens is 6. The molecule has 3 aromatic rings. The van der Waals surface area contributed by atoms with Crippen LogP contribution in [0.3, 0.4) is 0 Å².